The Morgan fingerprint density at radius 2 is 1.94 bits per heavy atom. The third-order valence-electron chi connectivity index (χ3n) is 5.04. The lowest BCUT2D eigenvalue weighted by Crippen LogP contribution is -2.30. The number of rotatable bonds is 6. The highest BCUT2D eigenvalue weighted by atomic mass is 19.2. The van der Waals surface area contributed by atoms with Gasteiger partial charge >= 0.3 is 0 Å². The van der Waals surface area contributed by atoms with Crippen LogP contribution in [-0.4, -0.2) is 25.7 Å². The van der Waals surface area contributed by atoms with E-state index in [9.17, 15) is 18.0 Å². The molecule has 4 heterocycles. The van der Waals surface area contributed by atoms with Crippen LogP contribution in [0.5, 0.6) is 0 Å². The van der Waals surface area contributed by atoms with Gasteiger partial charge in [0.25, 0.3) is 5.91 Å². The molecular weight excluding hydrogens is 449 g/mol. The molecule has 2 N–H and O–H groups in total. The SMILES string of the molecule is O=C(NNc1ccc(F)c(F)c1F)c1cc(-c2cccnc2)nc2c1cnn2Cc1ccco1. The number of carbonyl (C=O) groups is 1. The fourth-order valence-electron chi connectivity index (χ4n) is 3.38. The fourth-order valence-corrected chi connectivity index (χ4v) is 3.38. The number of nitrogens with one attached hydrogen (secondary N) is 2. The minimum atomic E-state index is -1.65. The number of hydrazine groups is 1. The number of aromatic nitrogens is 4. The molecule has 0 saturated carbocycles. The molecule has 1 amide bonds. The van der Waals surface area contributed by atoms with Crippen LogP contribution in [0.3, 0.4) is 0 Å². The largest absolute Gasteiger partial charge is 0.467 e. The molecule has 0 aliphatic heterocycles. The zero-order valence-electron chi connectivity index (χ0n) is 17.3. The number of hydrogen-bond donors (Lipinski definition) is 2. The average Bonchev–Trinajstić information content (AvgIpc) is 3.52. The number of anilines is 1. The van der Waals surface area contributed by atoms with Gasteiger partial charge < -0.3 is 4.42 Å². The third-order valence-corrected chi connectivity index (χ3v) is 5.04. The van der Waals surface area contributed by atoms with E-state index in [1.165, 1.54) is 18.5 Å². The lowest BCUT2D eigenvalue weighted by Gasteiger charge is -2.12. The minimum absolute atomic E-state index is 0.171. The lowest BCUT2D eigenvalue weighted by atomic mass is 10.1. The van der Waals surface area contributed by atoms with Crippen molar-refractivity contribution in [3.05, 3.63) is 96.1 Å². The molecule has 0 aliphatic rings. The number of amides is 1. The summed E-state index contributed by atoms with van der Waals surface area (Å²) in [6, 6.07) is 10.3. The highest BCUT2D eigenvalue weighted by Crippen LogP contribution is 2.25. The Morgan fingerprint density at radius 3 is 2.71 bits per heavy atom. The Kier molecular flexibility index (Phi) is 5.42. The van der Waals surface area contributed by atoms with Gasteiger partial charge in [0.15, 0.2) is 23.1 Å². The molecule has 11 heteroatoms. The van der Waals surface area contributed by atoms with Crippen molar-refractivity contribution in [1.82, 2.24) is 25.2 Å². The first-order valence-corrected chi connectivity index (χ1v) is 10.0. The summed E-state index contributed by atoms with van der Waals surface area (Å²) in [4.78, 5) is 21.8. The van der Waals surface area contributed by atoms with Crippen molar-refractivity contribution in [2.24, 2.45) is 0 Å². The van der Waals surface area contributed by atoms with E-state index in [0.717, 1.165) is 12.1 Å². The van der Waals surface area contributed by atoms with Crippen LogP contribution in [0.1, 0.15) is 16.1 Å². The summed E-state index contributed by atoms with van der Waals surface area (Å²) in [6.45, 7) is 0.277. The summed E-state index contributed by atoms with van der Waals surface area (Å²) in [7, 11) is 0. The molecule has 4 aromatic heterocycles. The summed E-state index contributed by atoms with van der Waals surface area (Å²) in [6.07, 6.45) is 6.22. The Balaban J connectivity index is 1.53. The topological polar surface area (TPSA) is 97.9 Å². The van der Waals surface area contributed by atoms with Gasteiger partial charge in [0.2, 0.25) is 0 Å². The maximum atomic E-state index is 14.0. The molecule has 0 aliphatic carbocycles. The maximum Gasteiger partial charge on any atom is 0.270 e. The minimum Gasteiger partial charge on any atom is -0.467 e. The summed E-state index contributed by atoms with van der Waals surface area (Å²) >= 11 is 0. The van der Waals surface area contributed by atoms with E-state index in [2.05, 4.69) is 25.9 Å². The number of carbonyl (C=O) groups excluding carboxylic acids is 1. The van der Waals surface area contributed by atoms with Gasteiger partial charge in [-0.05, 0) is 42.5 Å². The standard InChI is InChI=1S/C23H15F3N6O2/c24-17-5-6-18(21(26)20(17)25)30-31-23(33)15-9-19(13-3-1-7-27-10-13)29-22-16(15)11-28-32(22)12-14-4-2-8-34-14/h1-11,30H,12H2,(H,31,33). The smallest absolute Gasteiger partial charge is 0.270 e. The number of hydrogen-bond acceptors (Lipinski definition) is 6. The summed E-state index contributed by atoms with van der Waals surface area (Å²) < 4.78 is 47.6. The molecule has 0 radical (unpaired) electrons. The summed E-state index contributed by atoms with van der Waals surface area (Å²) in [5.74, 6) is -4.47. The summed E-state index contributed by atoms with van der Waals surface area (Å²) in [5.41, 5.74) is 5.85. The number of benzene rings is 1. The lowest BCUT2D eigenvalue weighted by molar-refractivity contribution is 0.0964. The van der Waals surface area contributed by atoms with Crippen LogP contribution in [0, 0.1) is 17.5 Å². The highest BCUT2D eigenvalue weighted by molar-refractivity contribution is 6.06. The van der Waals surface area contributed by atoms with E-state index >= 15 is 0 Å². The van der Waals surface area contributed by atoms with E-state index in [1.807, 2.05) is 0 Å². The summed E-state index contributed by atoms with van der Waals surface area (Å²) in [5, 5.41) is 4.75. The van der Waals surface area contributed by atoms with Gasteiger partial charge in [-0.2, -0.15) is 5.10 Å². The van der Waals surface area contributed by atoms with Crippen molar-refractivity contribution in [2.45, 2.75) is 6.54 Å². The van der Waals surface area contributed by atoms with Gasteiger partial charge in [-0.25, -0.2) is 22.8 Å². The highest BCUT2D eigenvalue weighted by Gasteiger charge is 2.19. The number of fused-ring (bicyclic) bond motifs is 1. The van der Waals surface area contributed by atoms with Crippen molar-refractivity contribution < 1.29 is 22.4 Å². The van der Waals surface area contributed by atoms with Crippen LogP contribution >= 0.6 is 0 Å². The quantitative estimate of drug-likeness (QED) is 0.287. The third kappa shape index (κ3) is 3.94. The molecule has 5 rings (SSSR count). The number of nitrogens with zero attached hydrogens (tertiary/aromatic N) is 4. The monoisotopic (exact) mass is 464 g/mol. The molecule has 0 saturated heterocycles. The average molecular weight is 464 g/mol. The predicted octanol–water partition coefficient (Wildman–Crippen LogP) is 4.31. The molecule has 170 valence electrons. The van der Waals surface area contributed by atoms with E-state index in [0.29, 0.717) is 28.1 Å². The van der Waals surface area contributed by atoms with E-state index in [1.54, 1.807) is 41.3 Å². The molecule has 0 atom stereocenters. The Hall–Kier alpha value is -4.67. The molecule has 0 spiro atoms. The molecule has 5 aromatic rings. The Bertz CT molecular complexity index is 1490. The van der Waals surface area contributed by atoms with E-state index in [-0.39, 0.29) is 12.1 Å². The van der Waals surface area contributed by atoms with E-state index < -0.39 is 29.0 Å². The molecule has 0 bridgehead atoms. The van der Waals surface area contributed by atoms with Crippen molar-refractivity contribution in [1.29, 1.82) is 0 Å². The molecular formula is C23H15F3N6O2. The molecule has 34 heavy (non-hydrogen) atoms. The number of pyridine rings is 2. The second kappa shape index (κ2) is 8.70. The number of halogens is 3. The van der Waals surface area contributed by atoms with Gasteiger partial charge in [-0.1, -0.05) is 0 Å². The molecule has 0 fully saturated rings. The maximum absolute atomic E-state index is 14.0. The van der Waals surface area contributed by atoms with Crippen molar-refractivity contribution >= 4 is 22.6 Å². The second-order valence-electron chi connectivity index (χ2n) is 7.22. The normalized spacial score (nSPS) is 11.0. The van der Waals surface area contributed by atoms with Crippen LogP contribution in [0.15, 0.2) is 71.7 Å². The van der Waals surface area contributed by atoms with Crippen molar-refractivity contribution in [3.63, 3.8) is 0 Å². The fraction of sp³-hybridized carbons (Fsp3) is 0.0435. The first kappa shape index (κ1) is 21.2. The van der Waals surface area contributed by atoms with Crippen LogP contribution in [0.25, 0.3) is 22.3 Å². The van der Waals surface area contributed by atoms with Crippen LogP contribution in [-0.2, 0) is 6.54 Å². The van der Waals surface area contributed by atoms with Gasteiger partial charge in [0.05, 0.1) is 34.8 Å². The van der Waals surface area contributed by atoms with Crippen molar-refractivity contribution in [2.75, 3.05) is 5.43 Å². The van der Waals surface area contributed by atoms with Gasteiger partial charge in [-0.15, -0.1) is 0 Å². The molecule has 8 nitrogen and oxygen atoms in total. The molecule has 1 aromatic carbocycles. The van der Waals surface area contributed by atoms with Gasteiger partial charge in [0.1, 0.15) is 12.3 Å². The zero-order valence-corrected chi connectivity index (χ0v) is 17.3. The Morgan fingerprint density at radius 1 is 1.06 bits per heavy atom. The van der Waals surface area contributed by atoms with Gasteiger partial charge in [0, 0.05) is 18.0 Å². The van der Waals surface area contributed by atoms with Crippen LogP contribution < -0.4 is 10.9 Å². The first-order valence-electron chi connectivity index (χ1n) is 10.0. The van der Waals surface area contributed by atoms with Crippen LogP contribution in [0.4, 0.5) is 18.9 Å². The van der Waals surface area contributed by atoms with Gasteiger partial charge in [-0.3, -0.25) is 20.6 Å². The Labute approximate surface area is 190 Å². The number of furan rings is 1. The zero-order chi connectivity index (χ0) is 23.7. The molecule has 0 unspecified atom stereocenters. The second-order valence-corrected chi connectivity index (χ2v) is 7.22. The van der Waals surface area contributed by atoms with E-state index in [4.69, 9.17) is 4.42 Å². The van der Waals surface area contributed by atoms with Crippen molar-refractivity contribution in [3.8, 4) is 11.3 Å². The van der Waals surface area contributed by atoms with Crippen LogP contribution in [0.2, 0.25) is 0 Å². The predicted molar refractivity (Wildman–Crippen MR) is 116 cm³/mol. The first-order chi connectivity index (χ1) is 16.5.